The third-order valence-electron chi connectivity index (χ3n) is 7.52. The molecule has 1 heterocycles. The number of imide groups is 1. The van der Waals surface area contributed by atoms with Gasteiger partial charge in [-0.15, -0.1) is 11.6 Å². The molecule has 4 heteroatoms. The van der Waals surface area contributed by atoms with Gasteiger partial charge in [0.05, 0.1) is 17.5 Å². The molecule has 3 nitrogen and oxygen atoms in total. The molecule has 2 atom stereocenters. The average molecular weight is 436 g/mol. The summed E-state index contributed by atoms with van der Waals surface area (Å²) in [6.07, 6.45) is 0. The zero-order valence-corrected chi connectivity index (χ0v) is 17.8. The zero-order chi connectivity index (χ0) is 21.6. The minimum atomic E-state index is -1.06. The number of nitrogens with zero attached hydrogens (tertiary/aromatic N) is 1. The fourth-order valence-corrected chi connectivity index (χ4v) is 6.89. The molecule has 2 bridgehead atoms. The largest absolute Gasteiger partial charge is 0.274 e. The van der Waals surface area contributed by atoms with Crippen molar-refractivity contribution < 1.29 is 9.59 Å². The molecule has 1 aliphatic heterocycles. The maximum absolute atomic E-state index is 14.0. The van der Waals surface area contributed by atoms with Crippen molar-refractivity contribution in [1.29, 1.82) is 0 Å². The number of carbonyl (C=O) groups is 2. The van der Waals surface area contributed by atoms with Crippen LogP contribution in [0.2, 0.25) is 0 Å². The molecule has 2 unspecified atom stereocenters. The van der Waals surface area contributed by atoms with Gasteiger partial charge < -0.3 is 0 Å². The minimum absolute atomic E-state index is 0.157. The van der Waals surface area contributed by atoms with Crippen LogP contribution in [0.15, 0.2) is 91.0 Å². The SMILES string of the molecule is O=C1C2C3c4ccccc4C(Cl)(c4ccccc43)C2C(=O)N1c1cccc2ccccc12. The van der Waals surface area contributed by atoms with Crippen molar-refractivity contribution in [2.75, 3.05) is 4.90 Å². The summed E-state index contributed by atoms with van der Waals surface area (Å²) in [6, 6.07) is 29.6. The highest BCUT2D eigenvalue weighted by atomic mass is 35.5. The molecular formula is C28H18ClNO2. The predicted octanol–water partition coefficient (Wildman–Crippen LogP) is 5.59. The van der Waals surface area contributed by atoms with Crippen molar-refractivity contribution >= 4 is 39.9 Å². The summed E-state index contributed by atoms with van der Waals surface area (Å²) in [4.78, 5) is 28.4. The minimum Gasteiger partial charge on any atom is -0.274 e. The molecule has 0 spiro atoms. The maximum Gasteiger partial charge on any atom is 0.240 e. The summed E-state index contributed by atoms with van der Waals surface area (Å²) in [5, 5.41) is 1.89. The van der Waals surface area contributed by atoms with Gasteiger partial charge in [0.25, 0.3) is 0 Å². The van der Waals surface area contributed by atoms with Gasteiger partial charge in [-0.25, -0.2) is 4.90 Å². The number of halogens is 1. The van der Waals surface area contributed by atoms with Crippen molar-refractivity contribution in [3.05, 3.63) is 113 Å². The fraction of sp³-hybridized carbons (Fsp3) is 0.143. The van der Waals surface area contributed by atoms with E-state index in [1.807, 2.05) is 78.9 Å². The van der Waals surface area contributed by atoms with E-state index in [1.54, 1.807) is 0 Å². The van der Waals surface area contributed by atoms with E-state index in [4.69, 9.17) is 11.6 Å². The van der Waals surface area contributed by atoms with Gasteiger partial charge >= 0.3 is 0 Å². The van der Waals surface area contributed by atoms with E-state index in [0.717, 1.165) is 33.0 Å². The van der Waals surface area contributed by atoms with Crippen molar-refractivity contribution in [3.63, 3.8) is 0 Å². The Bertz CT molecular complexity index is 1420. The molecule has 4 aromatic carbocycles. The summed E-state index contributed by atoms with van der Waals surface area (Å²) < 4.78 is 0. The van der Waals surface area contributed by atoms with E-state index in [9.17, 15) is 9.59 Å². The van der Waals surface area contributed by atoms with Crippen LogP contribution in [0.1, 0.15) is 28.2 Å². The molecule has 4 aromatic rings. The molecule has 8 rings (SSSR count). The van der Waals surface area contributed by atoms with Crippen LogP contribution in [0.3, 0.4) is 0 Å². The van der Waals surface area contributed by atoms with Crippen LogP contribution in [-0.4, -0.2) is 11.8 Å². The number of anilines is 1. The van der Waals surface area contributed by atoms with E-state index in [-0.39, 0.29) is 17.7 Å². The van der Waals surface area contributed by atoms with Crippen molar-refractivity contribution in [2.45, 2.75) is 10.8 Å². The second kappa shape index (κ2) is 6.08. The molecule has 0 N–H and O–H groups in total. The summed E-state index contributed by atoms with van der Waals surface area (Å²) >= 11 is 7.49. The van der Waals surface area contributed by atoms with E-state index >= 15 is 0 Å². The number of fused-ring (bicyclic) bond motifs is 1. The topological polar surface area (TPSA) is 37.4 Å². The molecule has 3 aliphatic carbocycles. The Morgan fingerprint density at radius 1 is 0.688 bits per heavy atom. The van der Waals surface area contributed by atoms with Crippen molar-refractivity contribution in [1.82, 2.24) is 0 Å². The fourth-order valence-electron chi connectivity index (χ4n) is 6.32. The quantitative estimate of drug-likeness (QED) is 0.289. The Morgan fingerprint density at radius 3 is 2.00 bits per heavy atom. The van der Waals surface area contributed by atoms with Crippen molar-refractivity contribution in [3.8, 4) is 0 Å². The lowest BCUT2D eigenvalue weighted by Crippen LogP contribution is -2.50. The van der Waals surface area contributed by atoms with Crippen LogP contribution >= 0.6 is 11.6 Å². The highest BCUT2D eigenvalue weighted by Gasteiger charge is 2.68. The average Bonchev–Trinajstić information content (AvgIpc) is 3.10. The summed E-state index contributed by atoms with van der Waals surface area (Å²) in [7, 11) is 0. The third kappa shape index (κ3) is 1.98. The lowest BCUT2D eigenvalue weighted by atomic mass is 9.54. The predicted molar refractivity (Wildman–Crippen MR) is 125 cm³/mol. The molecule has 1 saturated heterocycles. The van der Waals surface area contributed by atoms with Gasteiger partial charge in [-0.1, -0.05) is 84.9 Å². The normalized spacial score (nSPS) is 27.4. The number of rotatable bonds is 1. The Balaban J connectivity index is 1.50. The first-order valence-electron chi connectivity index (χ1n) is 10.9. The molecule has 0 radical (unpaired) electrons. The lowest BCUT2D eigenvalue weighted by Gasteiger charge is -2.50. The zero-order valence-electron chi connectivity index (χ0n) is 17.0. The third-order valence-corrected chi connectivity index (χ3v) is 8.16. The molecule has 0 aromatic heterocycles. The Morgan fingerprint density at radius 2 is 1.28 bits per heavy atom. The first kappa shape index (κ1) is 18.2. The summed E-state index contributed by atoms with van der Waals surface area (Å²) in [6.45, 7) is 0. The Labute approximate surface area is 190 Å². The highest BCUT2D eigenvalue weighted by Crippen LogP contribution is 2.66. The van der Waals surface area contributed by atoms with Gasteiger partial charge in [-0.2, -0.15) is 0 Å². The number of alkyl halides is 1. The van der Waals surface area contributed by atoms with E-state index in [1.165, 1.54) is 4.90 Å². The van der Waals surface area contributed by atoms with Gasteiger partial charge in [-0.05, 0) is 33.7 Å². The van der Waals surface area contributed by atoms with E-state index in [0.29, 0.717) is 5.69 Å². The molecule has 1 fully saturated rings. The lowest BCUT2D eigenvalue weighted by molar-refractivity contribution is -0.122. The monoisotopic (exact) mass is 435 g/mol. The number of hydrogen-bond donors (Lipinski definition) is 0. The number of amides is 2. The van der Waals surface area contributed by atoms with E-state index in [2.05, 4.69) is 12.1 Å². The Hall–Kier alpha value is -3.43. The molecule has 32 heavy (non-hydrogen) atoms. The molecule has 0 saturated carbocycles. The number of benzene rings is 4. The van der Waals surface area contributed by atoms with Crippen LogP contribution in [0.25, 0.3) is 10.8 Å². The van der Waals surface area contributed by atoms with Crippen LogP contribution in [0.5, 0.6) is 0 Å². The van der Waals surface area contributed by atoms with Crippen LogP contribution in [-0.2, 0) is 14.5 Å². The van der Waals surface area contributed by atoms with Gasteiger partial charge in [0, 0.05) is 11.3 Å². The second-order valence-electron chi connectivity index (χ2n) is 8.88. The molecule has 4 aliphatic rings. The number of carbonyl (C=O) groups excluding carboxylic acids is 2. The van der Waals surface area contributed by atoms with Gasteiger partial charge in [0.2, 0.25) is 11.8 Å². The van der Waals surface area contributed by atoms with Crippen LogP contribution < -0.4 is 4.90 Å². The summed E-state index contributed by atoms with van der Waals surface area (Å²) in [5.41, 5.74) is 4.66. The standard InChI is InChI=1S/C28H18ClNO2/c29-28-20-13-5-3-11-18(20)23(19-12-4-6-14-21(19)28)24-25(28)27(32)30(26(24)31)22-15-7-9-16-8-1-2-10-17(16)22/h1-15,23-25H. The molecule has 154 valence electrons. The highest BCUT2D eigenvalue weighted by molar-refractivity contribution is 6.34. The van der Waals surface area contributed by atoms with Crippen molar-refractivity contribution in [2.24, 2.45) is 11.8 Å². The Kier molecular flexibility index (Phi) is 3.45. The van der Waals surface area contributed by atoms with Gasteiger partial charge in [-0.3, -0.25) is 9.59 Å². The first-order chi connectivity index (χ1) is 15.6. The maximum atomic E-state index is 14.0. The second-order valence-corrected chi connectivity index (χ2v) is 9.47. The van der Waals surface area contributed by atoms with Crippen LogP contribution in [0, 0.1) is 11.8 Å². The first-order valence-corrected chi connectivity index (χ1v) is 11.2. The van der Waals surface area contributed by atoms with Gasteiger partial charge in [0.15, 0.2) is 0 Å². The van der Waals surface area contributed by atoms with Crippen LogP contribution in [0.4, 0.5) is 5.69 Å². The summed E-state index contributed by atoms with van der Waals surface area (Å²) in [5.74, 6) is -1.69. The van der Waals surface area contributed by atoms with E-state index < -0.39 is 16.7 Å². The number of hydrogen-bond acceptors (Lipinski definition) is 2. The van der Waals surface area contributed by atoms with Gasteiger partial charge in [0.1, 0.15) is 4.87 Å². The molecular weight excluding hydrogens is 418 g/mol. The molecule has 2 amide bonds. The smallest absolute Gasteiger partial charge is 0.240 e.